The van der Waals surface area contributed by atoms with E-state index in [2.05, 4.69) is 15.3 Å². The lowest BCUT2D eigenvalue weighted by atomic mass is 10.2. The Morgan fingerprint density at radius 1 is 1.44 bits per heavy atom. The van der Waals surface area contributed by atoms with Crippen molar-refractivity contribution in [2.24, 2.45) is 0 Å². The monoisotopic (exact) mass is 232 g/mol. The molecule has 5 nitrogen and oxygen atoms in total. The van der Waals surface area contributed by atoms with Gasteiger partial charge in [0.05, 0.1) is 17.1 Å². The molecule has 16 heavy (non-hydrogen) atoms. The van der Waals surface area contributed by atoms with Crippen molar-refractivity contribution in [1.29, 1.82) is 5.26 Å². The first kappa shape index (κ1) is 10.4. The van der Waals surface area contributed by atoms with E-state index in [1.165, 1.54) is 0 Å². The summed E-state index contributed by atoms with van der Waals surface area (Å²) in [5.74, 6) is -0.323. The number of amides is 1. The molecule has 0 aliphatic carbocycles. The topological polar surface area (TPSA) is 84.5 Å². The third-order valence-electron chi connectivity index (χ3n) is 2.04. The van der Waals surface area contributed by atoms with Gasteiger partial charge in [-0.1, -0.05) is 0 Å². The van der Waals surface area contributed by atoms with Crippen LogP contribution in [0, 0.1) is 16.1 Å². The van der Waals surface area contributed by atoms with Gasteiger partial charge in [0.2, 0.25) is 5.91 Å². The summed E-state index contributed by atoms with van der Waals surface area (Å²) in [6.45, 7) is 0. The van der Waals surface area contributed by atoms with Crippen molar-refractivity contribution in [2.75, 3.05) is 5.32 Å². The van der Waals surface area contributed by atoms with Gasteiger partial charge in [0.25, 0.3) is 0 Å². The number of nitriles is 1. The van der Waals surface area contributed by atoms with Gasteiger partial charge in [-0.25, -0.2) is 0 Å². The molecular weight excluding hydrogens is 224 g/mol. The highest BCUT2D eigenvalue weighted by Crippen LogP contribution is 2.16. The molecule has 3 N–H and O–H groups in total. The molecule has 0 bridgehead atoms. The minimum atomic E-state index is -0.323. The lowest BCUT2D eigenvalue weighted by Gasteiger charge is -2.01. The van der Waals surface area contributed by atoms with E-state index in [0.29, 0.717) is 10.5 Å². The number of fused-ring (bicyclic) bond motifs is 1. The Hall–Kier alpha value is -2.13. The summed E-state index contributed by atoms with van der Waals surface area (Å²) in [5, 5.41) is 11.0. The molecule has 1 aromatic carbocycles. The summed E-state index contributed by atoms with van der Waals surface area (Å²) in [5.41, 5.74) is 2.33. The van der Waals surface area contributed by atoms with Crippen molar-refractivity contribution in [3.05, 3.63) is 23.0 Å². The first-order chi connectivity index (χ1) is 7.69. The number of nitrogens with zero attached hydrogens (tertiary/aromatic N) is 1. The number of aromatic nitrogens is 2. The Morgan fingerprint density at radius 2 is 2.19 bits per heavy atom. The molecule has 0 saturated heterocycles. The molecule has 0 atom stereocenters. The van der Waals surface area contributed by atoms with E-state index in [4.69, 9.17) is 17.5 Å². The van der Waals surface area contributed by atoms with E-state index < -0.39 is 0 Å². The highest BCUT2D eigenvalue weighted by atomic mass is 32.1. The first-order valence-corrected chi connectivity index (χ1v) is 4.99. The SMILES string of the molecule is N#CCC(=O)Nc1ccc2[nH]c(=S)[nH]c2c1. The summed E-state index contributed by atoms with van der Waals surface area (Å²) < 4.78 is 0.538. The van der Waals surface area contributed by atoms with E-state index in [-0.39, 0.29) is 12.3 Å². The number of H-pyrrole nitrogens is 2. The molecule has 1 amide bonds. The maximum atomic E-state index is 11.2. The van der Waals surface area contributed by atoms with Crippen LogP contribution >= 0.6 is 12.2 Å². The van der Waals surface area contributed by atoms with E-state index in [0.717, 1.165) is 11.0 Å². The minimum Gasteiger partial charge on any atom is -0.331 e. The number of nitrogens with one attached hydrogen (secondary N) is 3. The standard InChI is InChI=1S/C10H8N4OS/c11-4-3-9(15)12-6-1-2-7-8(5-6)14-10(16)13-7/h1-2,5H,3H2,(H,12,15)(H2,13,14,16). The Kier molecular flexibility index (Phi) is 2.70. The molecule has 0 aliphatic rings. The van der Waals surface area contributed by atoms with Gasteiger partial charge in [-0.2, -0.15) is 5.26 Å². The van der Waals surface area contributed by atoms with Crippen LogP contribution in [-0.2, 0) is 4.79 Å². The molecular formula is C10H8N4OS. The highest BCUT2D eigenvalue weighted by molar-refractivity contribution is 7.71. The van der Waals surface area contributed by atoms with E-state index in [1.807, 2.05) is 6.07 Å². The summed E-state index contributed by atoms with van der Waals surface area (Å²) >= 11 is 4.94. The maximum Gasteiger partial charge on any atom is 0.238 e. The van der Waals surface area contributed by atoms with Gasteiger partial charge >= 0.3 is 0 Å². The maximum absolute atomic E-state index is 11.2. The number of hydrogen-bond acceptors (Lipinski definition) is 3. The zero-order valence-electron chi connectivity index (χ0n) is 8.20. The van der Waals surface area contributed by atoms with Crippen LogP contribution in [0.4, 0.5) is 5.69 Å². The molecule has 1 aromatic heterocycles. The third-order valence-corrected chi connectivity index (χ3v) is 2.24. The van der Waals surface area contributed by atoms with Crippen LogP contribution in [-0.4, -0.2) is 15.9 Å². The van der Waals surface area contributed by atoms with Gasteiger partial charge in [0, 0.05) is 5.69 Å². The zero-order valence-corrected chi connectivity index (χ0v) is 9.02. The third kappa shape index (κ3) is 2.10. The van der Waals surface area contributed by atoms with Gasteiger partial charge in [-0.15, -0.1) is 0 Å². The number of carbonyl (C=O) groups excluding carboxylic acids is 1. The van der Waals surface area contributed by atoms with Crippen LogP contribution in [0.2, 0.25) is 0 Å². The second-order valence-corrected chi connectivity index (χ2v) is 3.63. The predicted octanol–water partition coefficient (Wildman–Crippen LogP) is 2.08. The van der Waals surface area contributed by atoms with Crippen LogP contribution in [0.5, 0.6) is 0 Å². The van der Waals surface area contributed by atoms with E-state index in [1.54, 1.807) is 18.2 Å². The fraction of sp³-hybridized carbons (Fsp3) is 0.100. The number of benzene rings is 1. The molecule has 0 spiro atoms. The summed E-state index contributed by atoms with van der Waals surface area (Å²) in [7, 11) is 0. The number of rotatable bonds is 2. The quantitative estimate of drug-likeness (QED) is 0.693. The summed E-state index contributed by atoms with van der Waals surface area (Å²) in [4.78, 5) is 17.1. The molecule has 2 rings (SSSR count). The molecule has 1 heterocycles. The van der Waals surface area contributed by atoms with Crippen molar-refractivity contribution < 1.29 is 4.79 Å². The molecule has 0 fully saturated rings. The Balaban J connectivity index is 2.29. The van der Waals surface area contributed by atoms with Gasteiger partial charge in [-0.05, 0) is 30.4 Å². The van der Waals surface area contributed by atoms with Gasteiger partial charge in [0.1, 0.15) is 6.42 Å². The normalized spacial score (nSPS) is 9.94. The van der Waals surface area contributed by atoms with Crippen molar-refractivity contribution in [3.8, 4) is 6.07 Å². The lowest BCUT2D eigenvalue weighted by molar-refractivity contribution is -0.115. The van der Waals surface area contributed by atoms with E-state index >= 15 is 0 Å². The highest BCUT2D eigenvalue weighted by Gasteiger charge is 2.02. The number of imidazole rings is 1. The first-order valence-electron chi connectivity index (χ1n) is 4.58. The number of hydrogen-bond donors (Lipinski definition) is 3. The summed E-state index contributed by atoms with van der Waals surface area (Å²) in [6.07, 6.45) is -0.152. The second-order valence-electron chi connectivity index (χ2n) is 3.22. The van der Waals surface area contributed by atoms with Crippen LogP contribution in [0.15, 0.2) is 18.2 Å². The molecule has 2 aromatic rings. The Labute approximate surface area is 96.1 Å². The number of aromatic amines is 2. The van der Waals surface area contributed by atoms with Crippen LogP contribution < -0.4 is 5.32 Å². The Morgan fingerprint density at radius 3 is 2.94 bits per heavy atom. The van der Waals surface area contributed by atoms with Gasteiger partial charge in [0.15, 0.2) is 4.77 Å². The Bertz CT molecular complexity index is 634. The minimum absolute atomic E-state index is 0.152. The fourth-order valence-corrected chi connectivity index (χ4v) is 1.61. The average Bonchev–Trinajstić information content (AvgIpc) is 2.57. The molecule has 80 valence electrons. The molecule has 0 radical (unpaired) electrons. The van der Waals surface area contributed by atoms with E-state index in [9.17, 15) is 4.79 Å². The summed E-state index contributed by atoms with van der Waals surface area (Å²) in [6, 6.07) is 7.10. The second kappa shape index (κ2) is 4.16. The van der Waals surface area contributed by atoms with Gasteiger partial charge < -0.3 is 15.3 Å². The van der Waals surface area contributed by atoms with Crippen molar-refractivity contribution >= 4 is 34.8 Å². The van der Waals surface area contributed by atoms with Crippen LogP contribution in [0.1, 0.15) is 6.42 Å². The smallest absolute Gasteiger partial charge is 0.238 e. The zero-order chi connectivity index (χ0) is 11.5. The lowest BCUT2D eigenvalue weighted by Crippen LogP contribution is -2.09. The largest absolute Gasteiger partial charge is 0.331 e. The van der Waals surface area contributed by atoms with Crippen LogP contribution in [0.25, 0.3) is 11.0 Å². The molecule has 6 heteroatoms. The van der Waals surface area contributed by atoms with Crippen molar-refractivity contribution in [2.45, 2.75) is 6.42 Å². The molecule has 0 unspecified atom stereocenters. The molecule has 0 aliphatic heterocycles. The fourth-order valence-electron chi connectivity index (χ4n) is 1.39. The number of anilines is 1. The van der Waals surface area contributed by atoms with Gasteiger partial charge in [-0.3, -0.25) is 4.79 Å². The van der Waals surface area contributed by atoms with Crippen LogP contribution in [0.3, 0.4) is 0 Å². The number of carbonyl (C=O) groups is 1. The van der Waals surface area contributed by atoms with Crippen molar-refractivity contribution in [3.63, 3.8) is 0 Å². The van der Waals surface area contributed by atoms with Crippen molar-refractivity contribution in [1.82, 2.24) is 9.97 Å². The molecule has 0 saturated carbocycles. The predicted molar refractivity (Wildman–Crippen MR) is 62.3 cm³/mol. The average molecular weight is 232 g/mol.